The average molecular weight is 446 g/mol. The lowest BCUT2D eigenvalue weighted by molar-refractivity contribution is -0.135. The topological polar surface area (TPSA) is 105 Å². The van der Waals surface area contributed by atoms with Crippen molar-refractivity contribution >= 4 is 27.5 Å². The number of rotatable bonds is 7. The number of benzene rings is 2. The highest BCUT2D eigenvalue weighted by molar-refractivity contribution is 7.89. The number of amides is 2. The van der Waals surface area contributed by atoms with Gasteiger partial charge < -0.3 is 15.0 Å². The molecule has 1 fully saturated rings. The summed E-state index contributed by atoms with van der Waals surface area (Å²) in [7, 11) is -2.35. The monoisotopic (exact) mass is 445 g/mol. The summed E-state index contributed by atoms with van der Waals surface area (Å²) >= 11 is 0. The number of hydrogen-bond acceptors (Lipinski definition) is 5. The van der Waals surface area contributed by atoms with E-state index in [9.17, 15) is 18.0 Å². The van der Waals surface area contributed by atoms with E-state index in [0.717, 1.165) is 5.69 Å². The number of methoxy groups -OCH3 is 1. The molecule has 0 aliphatic carbocycles. The fourth-order valence-corrected chi connectivity index (χ4v) is 4.70. The number of carbonyl (C=O) groups is 2. The molecular formula is C22H27N3O5S. The van der Waals surface area contributed by atoms with Crippen LogP contribution in [-0.2, 0) is 19.6 Å². The number of nitrogens with one attached hydrogen (secondary N) is 2. The van der Waals surface area contributed by atoms with Crippen molar-refractivity contribution in [3.05, 3.63) is 54.6 Å². The van der Waals surface area contributed by atoms with Gasteiger partial charge in [0, 0.05) is 24.7 Å². The highest BCUT2D eigenvalue weighted by Crippen LogP contribution is 2.21. The van der Waals surface area contributed by atoms with Crippen LogP contribution in [0.15, 0.2) is 59.5 Å². The Balaban J connectivity index is 1.53. The molecule has 3 rings (SSSR count). The number of hydrogen-bond donors (Lipinski definition) is 2. The second-order valence-electron chi connectivity index (χ2n) is 7.47. The summed E-state index contributed by atoms with van der Waals surface area (Å²) in [6.07, 6.45) is 1.06. The number of carbonyl (C=O) groups excluding carboxylic acids is 2. The van der Waals surface area contributed by atoms with E-state index in [4.69, 9.17) is 4.74 Å². The molecule has 1 heterocycles. The predicted molar refractivity (Wildman–Crippen MR) is 117 cm³/mol. The summed E-state index contributed by atoms with van der Waals surface area (Å²) in [5, 5.41) is 2.89. The van der Waals surface area contributed by atoms with Crippen molar-refractivity contribution in [1.29, 1.82) is 0 Å². The SMILES string of the molecule is COc1ccc(S(=O)(=O)N[C@@H](C)C(=O)N2CCC(C(=O)Nc3ccccc3)CC2)cc1. The smallest absolute Gasteiger partial charge is 0.241 e. The summed E-state index contributed by atoms with van der Waals surface area (Å²) in [6.45, 7) is 2.33. The minimum absolute atomic E-state index is 0.0595. The van der Waals surface area contributed by atoms with Crippen molar-refractivity contribution in [2.75, 3.05) is 25.5 Å². The lowest BCUT2D eigenvalue weighted by atomic mass is 9.95. The Morgan fingerprint density at radius 2 is 1.65 bits per heavy atom. The molecule has 0 aromatic heterocycles. The van der Waals surface area contributed by atoms with Crippen molar-refractivity contribution < 1.29 is 22.7 Å². The number of piperidine rings is 1. The summed E-state index contributed by atoms with van der Waals surface area (Å²) in [5.74, 6) is -0.0108. The molecule has 2 aromatic carbocycles. The van der Waals surface area contributed by atoms with E-state index >= 15 is 0 Å². The van der Waals surface area contributed by atoms with Crippen molar-refractivity contribution in [2.24, 2.45) is 5.92 Å². The first-order valence-corrected chi connectivity index (χ1v) is 11.6. The lowest BCUT2D eigenvalue weighted by Gasteiger charge is -2.33. The second-order valence-corrected chi connectivity index (χ2v) is 9.19. The predicted octanol–water partition coefficient (Wildman–Crippen LogP) is 2.24. The van der Waals surface area contributed by atoms with Gasteiger partial charge in [-0.3, -0.25) is 9.59 Å². The van der Waals surface area contributed by atoms with Crippen LogP contribution in [0, 0.1) is 5.92 Å². The Bertz CT molecular complexity index is 1000. The molecule has 0 bridgehead atoms. The molecule has 1 atom stereocenters. The zero-order chi connectivity index (χ0) is 22.4. The molecule has 2 N–H and O–H groups in total. The van der Waals surface area contributed by atoms with E-state index in [-0.39, 0.29) is 22.6 Å². The van der Waals surface area contributed by atoms with Crippen LogP contribution in [0.4, 0.5) is 5.69 Å². The van der Waals surface area contributed by atoms with Crippen LogP contribution < -0.4 is 14.8 Å². The molecular weight excluding hydrogens is 418 g/mol. The Hall–Kier alpha value is -2.91. The molecule has 2 aromatic rings. The van der Waals surface area contributed by atoms with E-state index in [0.29, 0.717) is 31.7 Å². The highest BCUT2D eigenvalue weighted by Gasteiger charge is 2.31. The Morgan fingerprint density at radius 3 is 2.23 bits per heavy atom. The first-order valence-electron chi connectivity index (χ1n) is 10.1. The number of para-hydroxylation sites is 1. The van der Waals surface area contributed by atoms with Gasteiger partial charge >= 0.3 is 0 Å². The molecule has 0 spiro atoms. The molecule has 2 amide bonds. The van der Waals surface area contributed by atoms with E-state index in [2.05, 4.69) is 10.0 Å². The molecule has 1 saturated heterocycles. The van der Waals surface area contributed by atoms with Gasteiger partial charge in [-0.05, 0) is 56.2 Å². The first-order chi connectivity index (χ1) is 14.8. The third kappa shape index (κ3) is 5.83. The largest absolute Gasteiger partial charge is 0.497 e. The van der Waals surface area contributed by atoms with Gasteiger partial charge in [0.1, 0.15) is 5.75 Å². The van der Waals surface area contributed by atoms with Crippen LogP contribution in [0.2, 0.25) is 0 Å². The zero-order valence-corrected chi connectivity index (χ0v) is 18.4. The van der Waals surface area contributed by atoms with E-state index in [1.165, 1.54) is 26.2 Å². The number of ether oxygens (including phenoxy) is 1. The van der Waals surface area contributed by atoms with Crippen LogP contribution in [0.5, 0.6) is 5.75 Å². The minimum Gasteiger partial charge on any atom is -0.497 e. The number of sulfonamides is 1. The fraction of sp³-hybridized carbons (Fsp3) is 0.364. The second kappa shape index (κ2) is 9.93. The number of anilines is 1. The van der Waals surface area contributed by atoms with Crippen LogP contribution in [0.1, 0.15) is 19.8 Å². The normalized spacial score (nSPS) is 15.9. The van der Waals surface area contributed by atoms with Crippen molar-refractivity contribution in [3.8, 4) is 5.75 Å². The quantitative estimate of drug-likeness (QED) is 0.680. The molecule has 1 aliphatic rings. The molecule has 166 valence electrons. The van der Waals surface area contributed by atoms with Gasteiger partial charge in [-0.15, -0.1) is 0 Å². The summed E-state index contributed by atoms with van der Waals surface area (Å²) in [4.78, 5) is 26.9. The molecule has 9 heteroatoms. The van der Waals surface area contributed by atoms with E-state index in [1.54, 1.807) is 17.0 Å². The number of nitrogens with zero attached hydrogens (tertiary/aromatic N) is 1. The molecule has 0 saturated carbocycles. The van der Waals surface area contributed by atoms with Crippen LogP contribution in [0.25, 0.3) is 0 Å². The average Bonchev–Trinajstić information content (AvgIpc) is 2.79. The fourth-order valence-electron chi connectivity index (χ4n) is 3.51. The summed E-state index contributed by atoms with van der Waals surface area (Å²) in [5.41, 5.74) is 0.743. The zero-order valence-electron chi connectivity index (χ0n) is 17.6. The van der Waals surface area contributed by atoms with Crippen molar-refractivity contribution in [3.63, 3.8) is 0 Å². The van der Waals surface area contributed by atoms with Gasteiger partial charge in [0.05, 0.1) is 18.0 Å². The molecule has 31 heavy (non-hydrogen) atoms. The van der Waals surface area contributed by atoms with Crippen LogP contribution >= 0.6 is 0 Å². The maximum atomic E-state index is 12.8. The minimum atomic E-state index is -3.84. The van der Waals surface area contributed by atoms with Gasteiger partial charge in [-0.1, -0.05) is 18.2 Å². The van der Waals surface area contributed by atoms with Crippen LogP contribution in [0.3, 0.4) is 0 Å². The van der Waals surface area contributed by atoms with Crippen molar-refractivity contribution in [2.45, 2.75) is 30.7 Å². The summed E-state index contributed by atoms with van der Waals surface area (Å²) < 4.78 is 32.6. The molecule has 1 aliphatic heterocycles. The van der Waals surface area contributed by atoms with Crippen LogP contribution in [-0.4, -0.2) is 51.4 Å². The summed E-state index contributed by atoms with van der Waals surface area (Å²) in [6, 6.07) is 14.3. The number of likely N-dealkylation sites (tertiary alicyclic amines) is 1. The standard InChI is InChI=1S/C22H27N3O5S/c1-16(24-31(28,29)20-10-8-19(30-2)9-11-20)22(27)25-14-12-17(13-15-25)21(26)23-18-6-4-3-5-7-18/h3-11,16-17,24H,12-15H2,1-2H3,(H,23,26)/t16-/m0/s1. The Labute approximate surface area is 182 Å². The Kier molecular flexibility index (Phi) is 7.29. The van der Waals surface area contributed by atoms with Gasteiger partial charge in [-0.2, -0.15) is 4.72 Å². The molecule has 0 unspecified atom stereocenters. The first kappa shape index (κ1) is 22.8. The Morgan fingerprint density at radius 1 is 1.03 bits per heavy atom. The van der Waals surface area contributed by atoms with Crippen molar-refractivity contribution in [1.82, 2.24) is 9.62 Å². The maximum Gasteiger partial charge on any atom is 0.241 e. The molecule has 8 nitrogen and oxygen atoms in total. The third-order valence-electron chi connectivity index (χ3n) is 5.29. The van der Waals surface area contributed by atoms with Gasteiger partial charge in [0.2, 0.25) is 21.8 Å². The van der Waals surface area contributed by atoms with E-state index in [1.807, 2.05) is 30.3 Å². The highest BCUT2D eigenvalue weighted by atomic mass is 32.2. The van der Waals surface area contributed by atoms with Gasteiger partial charge in [0.25, 0.3) is 0 Å². The molecule has 0 radical (unpaired) electrons. The van der Waals surface area contributed by atoms with E-state index < -0.39 is 16.1 Å². The maximum absolute atomic E-state index is 12.8. The van der Waals surface area contributed by atoms with Gasteiger partial charge in [0.15, 0.2) is 0 Å². The van der Waals surface area contributed by atoms with Gasteiger partial charge in [-0.25, -0.2) is 8.42 Å². The lowest BCUT2D eigenvalue weighted by Crippen LogP contribution is -2.50. The third-order valence-corrected chi connectivity index (χ3v) is 6.85.